The normalized spacial score (nSPS) is 15.0. The van der Waals surface area contributed by atoms with Gasteiger partial charge in [-0.05, 0) is 30.9 Å². The Morgan fingerprint density at radius 2 is 2.04 bits per heavy atom. The van der Waals surface area contributed by atoms with Crippen molar-refractivity contribution in [3.05, 3.63) is 47.8 Å². The highest BCUT2D eigenvalue weighted by atomic mass is 16.5. The average Bonchev–Trinajstić information content (AvgIpc) is 2.67. The number of ether oxygens (including phenoxy) is 1. The number of piperidine rings is 1. The van der Waals surface area contributed by atoms with E-state index in [4.69, 9.17) is 4.74 Å². The molecule has 1 aliphatic heterocycles. The van der Waals surface area contributed by atoms with Crippen molar-refractivity contribution in [2.45, 2.75) is 26.3 Å². The number of nitrogens with one attached hydrogen (secondary N) is 1. The maximum Gasteiger partial charge on any atom is 0.270 e. The molecule has 3 rings (SSSR count). The first-order valence-electron chi connectivity index (χ1n) is 8.65. The third-order valence-corrected chi connectivity index (χ3v) is 4.57. The van der Waals surface area contributed by atoms with Gasteiger partial charge in [-0.15, -0.1) is 0 Å². The lowest BCUT2D eigenvalue weighted by molar-refractivity contribution is 0.0945. The van der Waals surface area contributed by atoms with Gasteiger partial charge in [-0.25, -0.2) is 9.97 Å². The molecule has 1 aromatic heterocycles. The number of para-hydroxylation sites is 1. The number of aromatic nitrogens is 2. The van der Waals surface area contributed by atoms with Crippen molar-refractivity contribution in [2.75, 3.05) is 25.1 Å². The molecule has 1 amide bonds. The van der Waals surface area contributed by atoms with Gasteiger partial charge >= 0.3 is 0 Å². The van der Waals surface area contributed by atoms with Crippen LogP contribution < -0.4 is 15.0 Å². The van der Waals surface area contributed by atoms with Gasteiger partial charge in [0.2, 0.25) is 5.95 Å². The maximum absolute atomic E-state index is 12.4. The lowest BCUT2D eigenvalue weighted by Gasteiger charge is -2.30. The molecule has 2 heterocycles. The summed E-state index contributed by atoms with van der Waals surface area (Å²) in [5, 5.41) is 2.90. The van der Waals surface area contributed by atoms with E-state index in [2.05, 4.69) is 27.1 Å². The Morgan fingerprint density at radius 3 is 2.80 bits per heavy atom. The topological polar surface area (TPSA) is 67.3 Å². The minimum absolute atomic E-state index is 0.208. The molecule has 1 saturated heterocycles. The summed E-state index contributed by atoms with van der Waals surface area (Å²) in [6.07, 6.45) is 3.92. The number of carbonyl (C=O) groups is 1. The van der Waals surface area contributed by atoms with Crippen LogP contribution >= 0.6 is 0 Å². The molecular formula is C19H24N4O2. The van der Waals surface area contributed by atoms with E-state index in [1.807, 2.05) is 24.3 Å². The van der Waals surface area contributed by atoms with Gasteiger partial charge in [-0.2, -0.15) is 0 Å². The molecule has 0 aliphatic carbocycles. The zero-order chi connectivity index (χ0) is 17.6. The van der Waals surface area contributed by atoms with E-state index in [1.165, 1.54) is 0 Å². The second kappa shape index (κ2) is 7.96. The SMILES string of the molecule is COc1ccccc1CNC(=O)c1ccnc(N2CCC(C)CC2)n1. The number of nitrogens with zero attached hydrogens (tertiary/aromatic N) is 3. The van der Waals surface area contributed by atoms with E-state index in [9.17, 15) is 4.79 Å². The third kappa shape index (κ3) is 4.26. The number of benzene rings is 1. The van der Waals surface area contributed by atoms with Crippen LogP contribution in [0.4, 0.5) is 5.95 Å². The lowest BCUT2D eigenvalue weighted by Crippen LogP contribution is -2.34. The van der Waals surface area contributed by atoms with Gasteiger partial charge in [0, 0.05) is 31.4 Å². The second-order valence-corrected chi connectivity index (χ2v) is 6.41. The van der Waals surface area contributed by atoms with Crippen molar-refractivity contribution in [3.63, 3.8) is 0 Å². The predicted molar refractivity (Wildman–Crippen MR) is 96.8 cm³/mol. The van der Waals surface area contributed by atoms with Gasteiger partial charge in [-0.3, -0.25) is 4.79 Å². The summed E-state index contributed by atoms with van der Waals surface area (Å²) in [6, 6.07) is 9.28. The van der Waals surface area contributed by atoms with Crippen LogP contribution in [0, 0.1) is 5.92 Å². The maximum atomic E-state index is 12.4. The van der Waals surface area contributed by atoms with Crippen molar-refractivity contribution >= 4 is 11.9 Å². The van der Waals surface area contributed by atoms with Gasteiger partial charge in [-0.1, -0.05) is 25.1 Å². The van der Waals surface area contributed by atoms with Crippen molar-refractivity contribution in [1.29, 1.82) is 0 Å². The molecule has 6 heteroatoms. The van der Waals surface area contributed by atoms with Crippen molar-refractivity contribution in [2.24, 2.45) is 5.92 Å². The fourth-order valence-corrected chi connectivity index (χ4v) is 2.95. The molecule has 1 aromatic carbocycles. The quantitative estimate of drug-likeness (QED) is 0.906. The minimum atomic E-state index is -0.208. The first-order valence-corrected chi connectivity index (χ1v) is 8.65. The Morgan fingerprint density at radius 1 is 1.28 bits per heavy atom. The van der Waals surface area contributed by atoms with Gasteiger partial charge in [0.1, 0.15) is 11.4 Å². The fraction of sp³-hybridized carbons (Fsp3) is 0.421. The zero-order valence-corrected chi connectivity index (χ0v) is 14.7. The highest BCUT2D eigenvalue weighted by Crippen LogP contribution is 2.20. The Hall–Kier alpha value is -2.63. The minimum Gasteiger partial charge on any atom is -0.496 e. The molecule has 0 radical (unpaired) electrons. The van der Waals surface area contributed by atoms with Gasteiger partial charge in [0.25, 0.3) is 5.91 Å². The van der Waals surface area contributed by atoms with Crippen molar-refractivity contribution in [1.82, 2.24) is 15.3 Å². The first-order chi connectivity index (χ1) is 12.2. The molecule has 0 unspecified atom stereocenters. The summed E-state index contributed by atoms with van der Waals surface area (Å²) in [5.41, 5.74) is 1.32. The molecule has 0 bridgehead atoms. The van der Waals surface area contributed by atoms with Crippen LogP contribution in [0.2, 0.25) is 0 Å². The molecule has 1 aliphatic rings. The number of amides is 1. The molecular weight excluding hydrogens is 316 g/mol. The van der Waals surface area contributed by atoms with Crippen LogP contribution in [0.15, 0.2) is 36.5 Å². The van der Waals surface area contributed by atoms with Crippen LogP contribution in [0.25, 0.3) is 0 Å². The van der Waals surface area contributed by atoms with Crippen molar-refractivity contribution < 1.29 is 9.53 Å². The average molecular weight is 340 g/mol. The number of hydrogen-bond donors (Lipinski definition) is 1. The van der Waals surface area contributed by atoms with Crippen LogP contribution in [0.5, 0.6) is 5.75 Å². The monoisotopic (exact) mass is 340 g/mol. The summed E-state index contributed by atoms with van der Waals surface area (Å²) in [7, 11) is 1.62. The molecule has 0 spiro atoms. The molecule has 132 valence electrons. The van der Waals surface area contributed by atoms with E-state index >= 15 is 0 Å². The summed E-state index contributed by atoms with van der Waals surface area (Å²) in [6.45, 7) is 4.53. The Labute approximate surface area is 148 Å². The molecule has 1 N–H and O–H groups in total. The third-order valence-electron chi connectivity index (χ3n) is 4.57. The predicted octanol–water partition coefficient (Wildman–Crippen LogP) is 2.65. The smallest absolute Gasteiger partial charge is 0.270 e. The van der Waals surface area contributed by atoms with Crippen LogP contribution in [-0.2, 0) is 6.54 Å². The Kier molecular flexibility index (Phi) is 5.48. The Balaban J connectivity index is 1.65. The van der Waals surface area contributed by atoms with Crippen LogP contribution in [-0.4, -0.2) is 36.1 Å². The van der Waals surface area contributed by atoms with E-state index in [0.717, 1.165) is 43.2 Å². The lowest BCUT2D eigenvalue weighted by atomic mass is 10.00. The number of carbonyl (C=O) groups excluding carboxylic acids is 1. The van der Waals surface area contributed by atoms with E-state index in [0.29, 0.717) is 18.2 Å². The number of anilines is 1. The summed E-state index contributed by atoms with van der Waals surface area (Å²) >= 11 is 0. The number of rotatable bonds is 5. The Bertz CT molecular complexity index is 727. The highest BCUT2D eigenvalue weighted by Gasteiger charge is 2.19. The zero-order valence-electron chi connectivity index (χ0n) is 14.7. The fourth-order valence-electron chi connectivity index (χ4n) is 2.95. The van der Waals surface area contributed by atoms with Gasteiger partial charge < -0.3 is 15.0 Å². The highest BCUT2D eigenvalue weighted by molar-refractivity contribution is 5.92. The van der Waals surface area contributed by atoms with Crippen LogP contribution in [0.1, 0.15) is 35.8 Å². The second-order valence-electron chi connectivity index (χ2n) is 6.41. The van der Waals surface area contributed by atoms with Gasteiger partial charge in [0.05, 0.1) is 7.11 Å². The van der Waals surface area contributed by atoms with Crippen molar-refractivity contribution in [3.8, 4) is 5.75 Å². The van der Waals surface area contributed by atoms with Gasteiger partial charge in [0.15, 0.2) is 0 Å². The largest absolute Gasteiger partial charge is 0.496 e. The molecule has 0 saturated carbocycles. The molecule has 0 atom stereocenters. The van der Waals surface area contributed by atoms with E-state index < -0.39 is 0 Å². The summed E-state index contributed by atoms with van der Waals surface area (Å²) < 4.78 is 5.31. The molecule has 6 nitrogen and oxygen atoms in total. The van der Waals surface area contributed by atoms with E-state index in [-0.39, 0.29) is 5.91 Å². The first kappa shape index (κ1) is 17.2. The standard InChI is InChI=1S/C19H24N4O2/c1-14-8-11-23(12-9-14)19-20-10-7-16(22-19)18(24)21-13-15-5-3-4-6-17(15)25-2/h3-7,10,14H,8-9,11-13H2,1-2H3,(H,21,24). The number of methoxy groups -OCH3 is 1. The molecule has 1 fully saturated rings. The summed E-state index contributed by atoms with van der Waals surface area (Å²) in [5.74, 6) is 1.92. The molecule has 2 aromatic rings. The summed E-state index contributed by atoms with van der Waals surface area (Å²) in [4.78, 5) is 23.4. The van der Waals surface area contributed by atoms with Crippen LogP contribution in [0.3, 0.4) is 0 Å². The van der Waals surface area contributed by atoms with E-state index in [1.54, 1.807) is 19.4 Å². The molecule has 25 heavy (non-hydrogen) atoms. The number of hydrogen-bond acceptors (Lipinski definition) is 5.